The van der Waals surface area contributed by atoms with Gasteiger partial charge in [0.05, 0.1) is 0 Å². The van der Waals surface area contributed by atoms with Gasteiger partial charge in [0.2, 0.25) is 5.88 Å². The van der Waals surface area contributed by atoms with Crippen LogP contribution in [0.3, 0.4) is 0 Å². The summed E-state index contributed by atoms with van der Waals surface area (Å²) < 4.78 is 5.52. The van der Waals surface area contributed by atoms with Crippen molar-refractivity contribution in [2.45, 2.75) is 4.90 Å². The van der Waals surface area contributed by atoms with Crippen LogP contribution in [0.5, 0.6) is 11.6 Å². The molecule has 0 aliphatic heterocycles. The minimum Gasteiger partial charge on any atom is -0.438 e. The fourth-order valence-corrected chi connectivity index (χ4v) is 1.27. The van der Waals surface area contributed by atoms with Crippen molar-refractivity contribution in [2.75, 3.05) is 0 Å². The van der Waals surface area contributed by atoms with Crippen LogP contribution in [0.25, 0.3) is 0 Å². The van der Waals surface area contributed by atoms with E-state index in [-0.39, 0.29) is 0 Å². The van der Waals surface area contributed by atoms with E-state index in [1.54, 1.807) is 12.3 Å². The van der Waals surface area contributed by atoms with Crippen molar-refractivity contribution in [1.82, 2.24) is 4.98 Å². The van der Waals surface area contributed by atoms with E-state index in [1.165, 1.54) is 0 Å². The average Bonchev–Trinajstić information content (AvgIpc) is 2.23. The number of hydrogen-bond donors (Lipinski definition) is 1. The van der Waals surface area contributed by atoms with Crippen LogP contribution in [0.15, 0.2) is 53.6 Å². The molecule has 3 heteroatoms. The van der Waals surface area contributed by atoms with Crippen LogP contribution >= 0.6 is 12.6 Å². The number of hydrogen-bond acceptors (Lipinski definition) is 3. The number of ether oxygens (including phenoxy) is 1. The average molecular weight is 203 g/mol. The van der Waals surface area contributed by atoms with Gasteiger partial charge in [0.15, 0.2) is 0 Å². The molecule has 14 heavy (non-hydrogen) atoms. The molecule has 1 aromatic carbocycles. The number of nitrogens with zero attached hydrogens (tertiary/aromatic N) is 1. The van der Waals surface area contributed by atoms with Gasteiger partial charge in [-0.1, -0.05) is 18.2 Å². The van der Waals surface area contributed by atoms with E-state index >= 15 is 0 Å². The highest BCUT2D eigenvalue weighted by atomic mass is 32.1. The van der Waals surface area contributed by atoms with E-state index in [2.05, 4.69) is 17.6 Å². The monoisotopic (exact) mass is 203 g/mol. The van der Waals surface area contributed by atoms with E-state index in [0.717, 1.165) is 10.6 Å². The zero-order chi connectivity index (χ0) is 9.80. The quantitative estimate of drug-likeness (QED) is 0.757. The highest BCUT2D eigenvalue weighted by molar-refractivity contribution is 7.80. The van der Waals surface area contributed by atoms with Gasteiger partial charge in [-0.25, -0.2) is 4.98 Å². The van der Waals surface area contributed by atoms with Gasteiger partial charge in [0.1, 0.15) is 5.75 Å². The van der Waals surface area contributed by atoms with Crippen LogP contribution in [0.4, 0.5) is 0 Å². The van der Waals surface area contributed by atoms with Crippen LogP contribution in [0.1, 0.15) is 0 Å². The fraction of sp³-hybridized carbons (Fsp3) is 0. The van der Waals surface area contributed by atoms with Crippen molar-refractivity contribution in [3.05, 3.63) is 48.7 Å². The second kappa shape index (κ2) is 4.15. The molecular formula is C11H9NOS. The SMILES string of the molecule is Sc1ccccc1Oc1ccccn1. The van der Waals surface area contributed by atoms with E-state index in [0.29, 0.717) is 5.88 Å². The number of pyridine rings is 1. The van der Waals surface area contributed by atoms with E-state index < -0.39 is 0 Å². The van der Waals surface area contributed by atoms with Crippen molar-refractivity contribution in [3.63, 3.8) is 0 Å². The Balaban J connectivity index is 2.24. The number of benzene rings is 1. The molecule has 0 saturated heterocycles. The lowest BCUT2D eigenvalue weighted by Gasteiger charge is -2.05. The molecule has 70 valence electrons. The fourth-order valence-electron chi connectivity index (χ4n) is 1.06. The first kappa shape index (κ1) is 9.09. The molecule has 0 N–H and O–H groups in total. The Kier molecular flexibility index (Phi) is 2.70. The van der Waals surface area contributed by atoms with Gasteiger partial charge in [-0.05, 0) is 18.2 Å². The van der Waals surface area contributed by atoms with Gasteiger partial charge in [0, 0.05) is 17.2 Å². The number of aromatic nitrogens is 1. The molecule has 1 aromatic heterocycles. The molecule has 0 unspecified atom stereocenters. The summed E-state index contributed by atoms with van der Waals surface area (Å²) in [5.74, 6) is 1.29. The first-order valence-electron chi connectivity index (χ1n) is 4.23. The molecule has 2 aromatic rings. The zero-order valence-electron chi connectivity index (χ0n) is 7.42. The standard InChI is InChI=1S/C11H9NOS/c14-10-6-2-1-5-9(10)13-11-7-3-4-8-12-11/h1-8,14H. The summed E-state index contributed by atoms with van der Waals surface area (Å²) in [7, 11) is 0. The minimum atomic E-state index is 0.578. The third-order valence-corrected chi connectivity index (χ3v) is 2.09. The molecule has 0 fully saturated rings. The van der Waals surface area contributed by atoms with Gasteiger partial charge < -0.3 is 4.74 Å². The third kappa shape index (κ3) is 2.06. The van der Waals surface area contributed by atoms with Crippen LogP contribution in [0.2, 0.25) is 0 Å². The number of rotatable bonds is 2. The lowest BCUT2D eigenvalue weighted by molar-refractivity contribution is 0.452. The number of para-hydroxylation sites is 1. The largest absolute Gasteiger partial charge is 0.438 e. The summed E-state index contributed by atoms with van der Waals surface area (Å²) in [5, 5.41) is 0. The maximum atomic E-state index is 5.52. The first-order chi connectivity index (χ1) is 6.86. The molecule has 0 spiro atoms. The van der Waals surface area contributed by atoms with Gasteiger partial charge in [-0.3, -0.25) is 0 Å². The Morgan fingerprint density at radius 2 is 1.79 bits per heavy atom. The van der Waals surface area contributed by atoms with Gasteiger partial charge in [-0.2, -0.15) is 0 Å². The van der Waals surface area contributed by atoms with E-state index in [1.807, 2.05) is 36.4 Å². The molecule has 0 radical (unpaired) electrons. The molecule has 2 nitrogen and oxygen atoms in total. The molecule has 0 amide bonds. The van der Waals surface area contributed by atoms with Crippen LogP contribution in [0, 0.1) is 0 Å². The highest BCUT2D eigenvalue weighted by Crippen LogP contribution is 2.25. The predicted molar refractivity (Wildman–Crippen MR) is 58.0 cm³/mol. The Bertz CT molecular complexity index is 417. The summed E-state index contributed by atoms with van der Waals surface area (Å²) in [6, 6.07) is 13.1. The zero-order valence-corrected chi connectivity index (χ0v) is 8.32. The summed E-state index contributed by atoms with van der Waals surface area (Å²) >= 11 is 4.28. The highest BCUT2D eigenvalue weighted by Gasteiger charge is 2.00. The molecule has 0 atom stereocenters. The van der Waals surface area contributed by atoms with Crippen molar-refractivity contribution >= 4 is 12.6 Å². The van der Waals surface area contributed by atoms with Gasteiger partial charge in [-0.15, -0.1) is 12.6 Å². The molecular weight excluding hydrogens is 194 g/mol. The van der Waals surface area contributed by atoms with Gasteiger partial charge >= 0.3 is 0 Å². The van der Waals surface area contributed by atoms with Gasteiger partial charge in [0.25, 0.3) is 0 Å². The van der Waals surface area contributed by atoms with Crippen molar-refractivity contribution in [2.24, 2.45) is 0 Å². The maximum Gasteiger partial charge on any atom is 0.219 e. The third-order valence-electron chi connectivity index (χ3n) is 1.72. The van der Waals surface area contributed by atoms with Crippen LogP contribution in [-0.4, -0.2) is 4.98 Å². The van der Waals surface area contributed by atoms with Crippen molar-refractivity contribution in [3.8, 4) is 11.6 Å². The van der Waals surface area contributed by atoms with E-state index in [9.17, 15) is 0 Å². The normalized spacial score (nSPS) is 9.79. The minimum absolute atomic E-state index is 0.578. The smallest absolute Gasteiger partial charge is 0.219 e. The summed E-state index contributed by atoms with van der Waals surface area (Å²) in [5.41, 5.74) is 0. The molecule has 0 saturated carbocycles. The Morgan fingerprint density at radius 1 is 1.00 bits per heavy atom. The molecule has 2 rings (SSSR count). The maximum absolute atomic E-state index is 5.52. The van der Waals surface area contributed by atoms with Crippen LogP contribution in [-0.2, 0) is 0 Å². The first-order valence-corrected chi connectivity index (χ1v) is 4.68. The molecule has 1 heterocycles. The second-order valence-corrected chi connectivity index (χ2v) is 3.22. The summed E-state index contributed by atoms with van der Waals surface area (Å²) in [6.45, 7) is 0. The molecule has 0 bridgehead atoms. The summed E-state index contributed by atoms with van der Waals surface area (Å²) in [4.78, 5) is 4.86. The predicted octanol–water partition coefficient (Wildman–Crippen LogP) is 3.16. The Labute approximate surface area is 88.0 Å². The topological polar surface area (TPSA) is 22.1 Å². The molecule has 0 aliphatic rings. The molecule has 0 aliphatic carbocycles. The Hall–Kier alpha value is -1.48. The van der Waals surface area contributed by atoms with E-state index in [4.69, 9.17) is 4.74 Å². The van der Waals surface area contributed by atoms with Crippen LogP contribution < -0.4 is 4.74 Å². The lowest BCUT2D eigenvalue weighted by Crippen LogP contribution is -1.87. The second-order valence-electron chi connectivity index (χ2n) is 2.74. The van der Waals surface area contributed by atoms with Crippen molar-refractivity contribution < 1.29 is 4.74 Å². The number of thiol groups is 1. The Morgan fingerprint density at radius 3 is 2.50 bits per heavy atom. The van der Waals surface area contributed by atoms with Crippen molar-refractivity contribution in [1.29, 1.82) is 0 Å². The lowest BCUT2D eigenvalue weighted by atomic mass is 10.3. The summed E-state index contributed by atoms with van der Waals surface area (Å²) in [6.07, 6.45) is 1.69.